The third kappa shape index (κ3) is 4.80. The summed E-state index contributed by atoms with van der Waals surface area (Å²) in [6.07, 6.45) is 0. The molecule has 1 aromatic heterocycles. The first kappa shape index (κ1) is 21.8. The molecular formula is C20H22ClN5O3S. The highest BCUT2D eigenvalue weighted by molar-refractivity contribution is 7.99. The number of aromatic nitrogens is 3. The number of rotatable bonds is 8. The number of nitrogen functional groups attached to an aromatic ring is 1. The molecule has 0 fully saturated rings. The van der Waals surface area contributed by atoms with Gasteiger partial charge in [-0.25, -0.2) is 4.68 Å². The van der Waals surface area contributed by atoms with Crippen molar-refractivity contribution in [3.05, 3.63) is 53.1 Å². The molecule has 0 aliphatic rings. The fourth-order valence-electron chi connectivity index (χ4n) is 2.86. The van der Waals surface area contributed by atoms with E-state index in [-0.39, 0.29) is 17.7 Å². The molecule has 1 amide bonds. The molecular weight excluding hydrogens is 426 g/mol. The molecule has 0 aliphatic carbocycles. The van der Waals surface area contributed by atoms with E-state index >= 15 is 0 Å². The van der Waals surface area contributed by atoms with Gasteiger partial charge < -0.3 is 20.6 Å². The number of ether oxygens (including phenoxy) is 2. The number of carbonyl (C=O) groups is 1. The van der Waals surface area contributed by atoms with Crippen molar-refractivity contribution < 1.29 is 14.3 Å². The van der Waals surface area contributed by atoms with Crippen LogP contribution < -0.4 is 20.6 Å². The smallest absolute Gasteiger partial charge is 0.230 e. The zero-order chi connectivity index (χ0) is 21.7. The van der Waals surface area contributed by atoms with Crippen LogP contribution in [0.15, 0.2) is 47.6 Å². The minimum atomic E-state index is -0.221. The van der Waals surface area contributed by atoms with Gasteiger partial charge in [-0.05, 0) is 30.7 Å². The van der Waals surface area contributed by atoms with Crippen molar-refractivity contribution in [2.75, 3.05) is 25.8 Å². The Balaban J connectivity index is 1.67. The molecule has 0 radical (unpaired) electrons. The van der Waals surface area contributed by atoms with Gasteiger partial charge in [-0.1, -0.05) is 41.6 Å². The van der Waals surface area contributed by atoms with Crippen LogP contribution in [0.25, 0.3) is 11.4 Å². The summed E-state index contributed by atoms with van der Waals surface area (Å²) in [6, 6.07) is 12.5. The molecule has 10 heteroatoms. The normalized spacial score (nSPS) is 11.7. The Morgan fingerprint density at radius 2 is 2.00 bits per heavy atom. The summed E-state index contributed by atoms with van der Waals surface area (Å²) >= 11 is 7.38. The van der Waals surface area contributed by atoms with Crippen LogP contribution in [0.3, 0.4) is 0 Å². The van der Waals surface area contributed by atoms with Crippen LogP contribution in [0.1, 0.15) is 18.5 Å². The number of benzene rings is 2. The van der Waals surface area contributed by atoms with Crippen LogP contribution >= 0.6 is 23.4 Å². The minimum absolute atomic E-state index is 0.129. The summed E-state index contributed by atoms with van der Waals surface area (Å²) in [5, 5.41) is 12.2. The lowest BCUT2D eigenvalue weighted by atomic mass is 10.1. The highest BCUT2D eigenvalue weighted by Crippen LogP contribution is 2.33. The zero-order valence-corrected chi connectivity index (χ0v) is 18.3. The summed E-state index contributed by atoms with van der Waals surface area (Å²) in [6.45, 7) is 1.88. The molecule has 3 N–H and O–H groups in total. The number of nitrogens with zero attached hydrogens (tertiary/aromatic N) is 3. The molecule has 0 spiro atoms. The maximum absolute atomic E-state index is 12.4. The Labute approximate surface area is 183 Å². The molecule has 0 saturated heterocycles. The second kappa shape index (κ2) is 9.73. The van der Waals surface area contributed by atoms with Crippen LogP contribution in [-0.4, -0.2) is 40.8 Å². The number of nitrogens with two attached hydrogens (primary N) is 1. The van der Waals surface area contributed by atoms with Crippen molar-refractivity contribution in [2.24, 2.45) is 0 Å². The Hall–Kier alpha value is -2.91. The first-order chi connectivity index (χ1) is 14.4. The average molecular weight is 448 g/mol. The molecule has 30 heavy (non-hydrogen) atoms. The van der Waals surface area contributed by atoms with E-state index in [1.54, 1.807) is 38.5 Å². The summed E-state index contributed by atoms with van der Waals surface area (Å²) in [5.41, 5.74) is 1.52. The predicted molar refractivity (Wildman–Crippen MR) is 117 cm³/mol. The third-order valence-electron chi connectivity index (χ3n) is 4.40. The highest BCUT2D eigenvalue weighted by Gasteiger charge is 2.18. The van der Waals surface area contributed by atoms with Crippen molar-refractivity contribution in [1.82, 2.24) is 20.2 Å². The molecule has 8 nitrogen and oxygen atoms in total. The van der Waals surface area contributed by atoms with Crippen LogP contribution in [0.2, 0.25) is 5.02 Å². The molecule has 0 unspecified atom stereocenters. The Bertz CT molecular complexity index is 1040. The first-order valence-corrected chi connectivity index (χ1v) is 10.4. The van der Waals surface area contributed by atoms with Gasteiger partial charge in [0, 0.05) is 11.1 Å². The van der Waals surface area contributed by atoms with Gasteiger partial charge in [0.1, 0.15) is 11.5 Å². The fraction of sp³-hybridized carbons (Fsp3) is 0.250. The van der Waals surface area contributed by atoms with E-state index < -0.39 is 0 Å². The lowest BCUT2D eigenvalue weighted by Gasteiger charge is -2.15. The molecule has 0 aliphatic heterocycles. The minimum Gasteiger partial charge on any atom is -0.497 e. The number of thioether (sulfide) groups is 1. The molecule has 0 bridgehead atoms. The quantitative estimate of drug-likeness (QED) is 0.403. The van der Waals surface area contributed by atoms with Crippen molar-refractivity contribution in [2.45, 2.75) is 18.1 Å². The van der Waals surface area contributed by atoms with E-state index in [1.165, 1.54) is 16.4 Å². The van der Waals surface area contributed by atoms with Gasteiger partial charge in [0.2, 0.25) is 11.1 Å². The molecule has 3 rings (SSSR count). The van der Waals surface area contributed by atoms with E-state index in [2.05, 4.69) is 15.5 Å². The number of amides is 1. The fourth-order valence-corrected chi connectivity index (χ4v) is 3.83. The van der Waals surface area contributed by atoms with Gasteiger partial charge >= 0.3 is 0 Å². The summed E-state index contributed by atoms with van der Waals surface area (Å²) < 4.78 is 11.9. The molecule has 2 aromatic carbocycles. The van der Waals surface area contributed by atoms with Crippen LogP contribution in [0, 0.1) is 0 Å². The van der Waals surface area contributed by atoms with Gasteiger partial charge in [-0.2, -0.15) is 0 Å². The Morgan fingerprint density at radius 1 is 1.23 bits per heavy atom. The van der Waals surface area contributed by atoms with Gasteiger partial charge in [-0.15, -0.1) is 10.2 Å². The van der Waals surface area contributed by atoms with E-state index in [4.69, 9.17) is 26.9 Å². The second-order valence-corrected chi connectivity index (χ2v) is 7.69. The van der Waals surface area contributed by atoms with Crippen LogP contribution in [-0.2, 0) is 4.79 Å². The molecule has 3 aromatic rings. The molecule has 1 atom stereocenters. The van der Waals surface area contributed by atoms with E-state index in [1.807, 2.05) is 25.1 Å². The summed E-state index contributed by atoms with van der Waals surface area (Å²) in [5.74, 6) is 7.75. The Kier molecular flexibility index (Phi) is 7.07. The van der Waals surface area contributed by atoms with E-state index in [9.17, 15) is 4.79 Å². The monoisotopic (exact) mass is 447 g/mol. The van der Waals surface area contributed by atoms with Gasteiger partial charge in [0.25, 0.3) is 0 Å². The van der Waals surface area contributed by atoms with Gasteiger partial charge in [0.15, 0.2) is 5.82 Å². The molecule has 1 heterocycles. The van der Waals surface area contributed by atoms with E-state index in [0.717, 1.165) is 5.56 Å². The lowest BCUT2D eigenvalue weighted by Crippen LogP contribution is -2.28. The van der Waals surface area contributed by atoms with Crippen LogP contribution in [0.5, 0.6) is 11.5 Å². The van der Waals surface area contributed by atoms with Crippen molar-refractivity contribution in [3.8, 4) is 22.9 Å². The lowest BCUT2D eigenvalue weighted by molar-refractivity contribution is -0.119. The number of hydrogen-bond donors (Lipinski definition) is 2. The standard InChI is InChI=1S/C20H22ClN5O3S/c1-12(14-6-4-5-7-16(14)21)23-18(27)11-30-20-25-24-19(26(20)22)15-9-8-13(28-2)10-17(15)29-3/h4-10,12H,11,22H2,1-3H3,(H,23,27)/t12-/m0/s1. The number of hydrogen-bond acceptors (Lipinski definition) is 7. The van der Waals surface area contributed by atoms with Crippen LogP contribution in [0.4, 0.5) is 0 Å². The number of carbonyl (C=O) groups excluding carboxylic acids is 1. The topological polar surface area (TPSA) is 104 Å². The first-order valence-electron chi connectivity index (χ1n) is 9.04. The maximum atomic E-state index is 12.4. The number of methoxy groups -OCH3 is 2. The van der Waals surface area contributed by atoms with Crippen molar-refractivity contribution >= 4 is 29.3 Å². The summed E-state index contributed by atoms with van der Waals surface area (Å²) in [7, 11) is 3.13. The zero-order valence-electron chi connectivity index (χ0n) is 16.8. The average Bonchev–Trinajstić information content (AvgIpc) is 3.12. The predicted octanol–water partition coefficient (Wildman–Crippen LogP) is 3.30. The molecule has 0 saturated carbocycles. The maximum Gasteiger partial charge on any atom is 0.230 e. The van der Waals surface area contributed by atoms with Gasteiger partial charge in [0.05, 0.1) is 31.6 Å². The van der Waals surface area contributed by atoms with E-state index in [0.29, 0.717) is 33.1 Å². The third-order valence-corrected chi connectivity index (χ3v) is 5.68. The number of nitrogens with one attached hydrogen (secondary N) is 1. The summed E-state index contributed by atoms with van der Waals surface area (Å²) in [4.78, 5) is 12.4. The molecule has 158 valence electrons. The Morgan fingerprint density at radius 3 is 2.70 bits per heavy atom. The second-order valence-electron chi connectivity index (χ2n) is 6.34. The SMILES string of the molecule is COc1ccc(-c2nnc(SCC(=O)N[C@@H](C)c3ccccc3Cl)n2N)c(OC)c1. The van der Waals surface area contributed by atoms with Crippen molar-refractivity contribution in [3.63, 3.8) is 0 Å². The number of halogens is 1. The largest absolute Gasteiger partial charge is 0.497 e. The van der Waals surface area contributed by atoms with Crippen molar-refractivity contribution in [1.29, 1.82) is 0 Å². The highest BCUT2D eigenvalue weighted by atomic mass is 35.5. The van der Waals surface area contributed by atoms with Gasteiger partial charge in [-0.3, -0.25) is 4.79 Å².